The number of halogens is 2. The molecule has 4 heteroatoms. The third kappa shape index (κ3) is 4.11. The van der Waals surface area contributed by atoms with Gasteiger partial charge < -0.3 is 9.47 Å². The first-order chi connectivity index (χ1) is 9.74. The molecule has 0 saturated carbocycles. The predicted octanol–water partition coefficient (Wildman–Crippen LogP) is 5.04. The van der Waals surface area contributed by atoms with Crippen LogP contribution in [-0.4, -0.2) is 11.5 Å². The molecule has 0 spiro atoms. The molecule has 2 aromatic carbocycles. The van der Waals surface area contributed by atoms with Gasteiger partial charge in [0.25, 0.3) is 0 Å². The Kier molecular flexibility index (Phi) is 6.13. The lowest BCUT2D eigenvalue weighted by Gasteiger charge is -2.17. The third-order valence-corrected chi connectivity index (χ3v) is 4.12. The molecule has 0 bridgehead atoms. The SMILES string of the molecule is COc1cccc(COC(CI)c2ccccc2Cl)c1. The zero-order valence-corrected chi connectivity index (χ0v) is 14.1. The van der Waals surface area contributed by atoms with Crippen LogP contribution in [0.2, 0.25) is 5.02 Å². The van der Waals surface area contributed by atoms with Gasteiger partial charge in [0.15, 0.2) is 0 Å². The lowest BCUT2D eigenvalue weighted by atomic mass is 10.1. The van der Waals surface area contributed by atoms with Crippen LogP contribution >= 0.6 is 34.2 Å². The number of benzene rings is 2. The zero-order valence-electron chi connectivity index (χ0n) is 11.2. The molecule has 0 aliphatic rings. The second kappa shape index (κ2) is 7.86. The Labute approximate surface area is 138 Å². The molecule has 0 radical (unpaired) electrons. The van der Waals surface area contributed by atoms with Gasteiger partial charge in [0, 0.05) is 15.0 Å². The minimum Gasteiger partial charge on any atom is -0.497 e. The average Bonchev–Trinajstić information content (AvgIpc) is 2.49. The predicted molar refractivity (Wildman–Crippen MR) is 90.9 cm³/mol. The van der Waals surface area contributed by atoms with E-state index in [0.29, 0.717) is 6.61 Å². The van der Waals surface area contributed by atoms with E-state index in [9.17, 15) is 0 Å². The summed E-state index contributed by atoms with van der Waals surface area (Å²) in [6.45, 7) is 0.538. The first kappa shape index (κ1) is 15.6. The van der Waals surface area contributed by atoms with Crippen molar-refractivity contribution in [1.82, 2.24) is 0 Å². The molecule has 1 unspecified atom stereocenters. The monoisotopic (exact) mass is 402 g/mol. The number of hydrogen-bond donors (Lipinski definition) is 0. The van der Waals surface area contributed by atoms with Gasteiger partial charge in [-0.15, -0.1) is 0 Å². The molecule has 20 heavy (non-hydrogen) atoms. The van der Waals surface area contributed by atoms with Gasteiger partial charge >= 0.3 is 0 Å². The topological polar surface area (TPSA) is 18.5 Å². The van der Waals surface area contributed by atoms with Gasteiger partial charge in [-0.05, 0) is 23.8 Å². The molecule has 0 fully saturated rings. The van der Waals surface area contributed by atoms with Crippen LogP contribution in [-0.2, 0) is 11.3 Å². The summed E-state index contributed by atoms with van der Waals surface area (Å²) in [5.41, 5.74) is 2.12. The van der Waals surface area contributed by atoms with Crippen LogP contribution in [0.5, 0.6) is 5.75 Å². The summed E-state index contributed by atoms with van der Waals surface area (Å²) in [4.78, 5) is 0. The molecule has 2 rings (SSSR count). The van der Waals surface area contributed by atoms with Crippen LogP contribution in [0.3, 0.4) is 0 Å². The minimum absolute atomic E-state index is 0.00417. The lowest BCUT2D eigenvalue weighted by molar-refractivity contribution is 0.0577. The van der Waals surface area contributed by atoms with Crippen LogP contribution in [0.25, 0.3) is 0 Å². The van der Waals surface area contributed by atoms with Crippen LogP contribution in [0.1, 0.15) is 17.2 Å². The van der Waals surface area contributed by atoms with Crippen LogP contribution in [0, 0.1) is 0 Å². The first-order valence-electron chi connectivity index (χ1n) is 6.29. The Hall–Kier alpha value is -0.780. The second-order valence-corrected chi connectivity index (χ2v) is 5.61. The first-order valence-corrected chi connectivity index (χ1v) is 8.20. The van der Waals surface area contributed by atoms with Gasteiger partial charge in [-0.25, -0.2) is 0 Å². The molecule has 2 nitrogen and oxygen atoms in total. The van der Waals surface area contributed by atoms with E-state index in [2.05, 4.69) is 22.6 Å². The molecule has 0 aliphatic heterocycles. The fourth-order valence-electron chi connectivity index (χ4n) is 1.91. The maximum absolute atomic E-state index is 6.22. The summed E-state index contributed by atoms with van der Waals surface area (Å²) < 4.78 is 12.1. The van der Waals surface area contributed by atoms with E-state index in [1.165, 1.54) is 0 Å². The van der Waals surface area contributed by atoms with Gasteiger partial charge in [0.05, 0.1) is 19.8 Å². The van der Waals surface area contributed by atoms with Gasteiger partial charge in [0.1, 0.15) is 5.75 Å². The Bertz CT molecular complexity index is 560. The summed E-state index contributed by atoms with van der Waals surface area (Å²) in [6, 6.07) is 15.7. The van der Waals surface area contributed by atoms with E-state index in [0.717, 1.165) is 26.3 Å². The highest BCUT2D eigenvalue weighted by molar-refractivity contribution is 14.1. The van der Waals surface area contributed by atoms with Crippen molar-refractivity contribution >= 4 is 34.2 Å². The van der Waals surface area contributed by atoms with Gasteiger partial charge in [-0.1, -0.05) is 64.5 Å². The molecule has 106 valence electrons. The van der Waals surface area contributed by atoms with E-state index in [4.69, 9.17) is 21.1 Å². The Morgan fingerprint density at radius 3 is 2.65 bits per heavy atom. The maximum Gasteiger partial charge on any atom is 0.119 e. The van der Waals surface area contributed by atoms with Crippen molar-refractivity contribution in [2.75, 3.05) is 11.5 Å². The quantitative estimate of drug-likeness (QED) is 0.498. The van der Waals surface area contributed by atoms with E-state index in [-0.39, 0.29) is 6.10 Å². The fourth-order valence-corrected chi connectivity index (χ4v) is 2.90. The third-order valence-electron chi connectivity index (χ3n) is 2.98. The van der Waals surface area contributed by atoms with Crippen molar-refractivity contribution in [1.29, 1.82) is 0 Å². The highest BCUT2D eigenvalue weighted by Crippen LogP contribution is 2.28. The second-order valence-electron chi connectivity index (χ2n) is 4.33. The molecule has 1 atom stereocenters. The van der Waals surface area contributed by atoms with Gasteiger partial charge in [-0.3, -0.25) is 0 Å². The van der Waals surface area contributed by atoms with Gasteiger partial charge in [-0.2, -0.15) is 0 Å². The Balaban J connectivity index is 2.06. The Morgan fingerprint density at radius 1 is 1.15 bits per heavy atom. The van der Waals surface area contributed by atoms with Crippen LogP contribution in [0.4, 0.5) is 0 Å². The highest BCUT2D eigenvalue weighted by Gasteiger charge is 2.13. The maximum atomic E-state index is 6.22. The summed E-state index contributed by atoms with van der Waals surface area (Å²) >= 11 is 8.54. The standard InChI is InChI=1S/C16H16ClIO2/c1-19-13-6-4-5-12(9-13)11-20-16(10-18)14-7-2-3-8-15(14)17/h2-9,16H,10-11H2,1H3. The summed E-state index contributed by atoms with van der Waals surface area (Å²) in [5, 5.41) is 0.750. The molecule has 2 aromatic rings. The van der Waals surface area contributed by atoms with Crippen molar-refractivity contribution < 1.29 is 9.47 Å². The smallest absolute Gasteiger partial charge is 0.119 e. The van der Waals surface area contributed by atoms with Crippen molar-refractivity contribution in [3.8, 4) is 5.75 Å². The molecular formula is C16H16ClIO2. The normalized spacial score (nSPS) is 12.2. The average molecular weight is 403 g/mol. The van der Waals surface area contributed by atoms with Crippen molar-refractivity contribution in [2.24, 2.45) is 0 Å². The summed E-state index contributed by atoms with van der Waals surface area (Å²) in [5.74, 6) is 0.842. The number of rotatable bonds is 6. The Morgan fingerprint density at radius 2 is 1.95 bits per heavy atom. The molecule has 0 amide bonds. The van der Waals surface area contributed by atoms with Crippen molar-refractivity contribution in [3.05, 3.63) is 64.7 Å². The minimum atomic E-state index is -0.00417. The lowest BCUT2D eigenvalue weighted by Crippen LogP contribution is -2.06. The van der Waals surface area contributed by atoms with E-state index < -0.39 is 0 Å². The highest BCUT2D eigenvalue weighted by atomic mass is 127. The number of methoxy groups -OCH3 is 1. The molecule has 0 N–H and O–H groups in total. The van der Waals surface area contributed by atoms with E-state index in [1.54, 1.807) is 7.11 Å². The zero-order chi connectivity index (χ0) is 14.4. The van der Waals surface area contributed by atoms with Crippen molar-refractivity contribution in [2.45, 2.75) is 12.7 Å². The fraction of sp³-hybridized carbons (Fsp3) is 0.250. The number of alkyl halides is 1. The van der Waals surface area contributed by atoms with Crippen LogP contribution < -0.4 is 4.74 Å². The molecule has 0 saturated heterocycles. The van der Waals surface area contributed by atoms with Crippen LogP contribution in [0.15, 0.2) is 48.5 Å². The molecule has 0 aromatic heterocycles. The number of hydrogen-bond acceptors (Lipinski definition) is 2. The van der Waals surface area contributed by atoms with Crippen molar-refractivity contribution in [3.63, 3.8) is 0 Å². The number of ether oxygens (including phenoxy) is 2. The molecule has 0 aliphatic carbocycles. The summed E-state index contributed by atoms with van der Waals surface area (Å²) in [7, 11) is 1.66. The molecular weight excluding hydrogens is 387 g/mol. The van der Waals surface area contributed by atoms with E-state index >= 15 is 0 Å². The molecule has 0 heterocycles. The largest absolute Gasteiger partial charge is 0.497 e. The van der Waals surface area contributed by atoms with E-state index in [1.807, 2.05) is 48.5 Å². The van der Waals surface area contributed by atoms with Gasteiger partial charge in [0.2, 0.25) is 0 Å². The summed E-state index contributed by atoms with van der Waals surface area (Å²) in [6.07, 6.45) is -0.00417.